The fourth-order valence-electron chi connectivity index (χ4n) is 3.41. The van der Waals surface area contributed by atoms with Crippen LogP contribution in [0.3, 0.4) is 0 Å². The van der Waals surface area contributed by atoms with Crippen LogP contribution < -0.4 is 5.32 Å². The number of imidazole rings is 1. The highest BCUT2D eigenvalue weighted by Gasteiger charge is 2.27. The molecule has 0 radical (unpaired) electrons. The zero-order chi connectivity index (χ0) is 17.9. The largest absolute Gasteiger partial charge is 0.337 e. The molecule has 1 atom stereocenters. The first-order valence-corrected chi connectivity index (χ1v) is 9.66. The molecule has 3 aromatic heterocycles. The van der Waals surface area contributed by atoms with Gasteiger partial charge in [-0.25, -0.2) is 15.0 Å². The van der Waals surface area contributed by atoms with Crippen LogP contribution in [0.2, 0.25) is 0 Å². The van der Waals surface area contributed by atoms with E-state index in [0.717, 1.165) is 47.8 Å². The minimum absolute atomic E-state index is 0.275. The van der Waals surface area contributed by atoms with Crippen molar-refractivity contribution in [1.29, 1.82) is 0 Å². The van der Waals surface area contributed by atoms with Gasteiger partial charge in [0.25, 0.3) is 0 Å². The van der Waals surface area contributed by atoms with Gasteiger partial charge in [-0.1, -0.05) is 17.8 Å². The molecular weight excluding hydrogens is 348 g/mol. The predicted octanol–water partition coefficient (Wildman–Crippen LogP) is 2.84. The SMILES string of the molecule is Cc1nc(Nc2nncs2)cc(C2CCCCN2Cc2nccn2C)n1. The van der Waals surface area contributed by atoms with Crippen LogP contribution in [0.15, 0.2) is 24.0 Å². The van der Waals surface area contributed by atoms with E-state index in [4.69, 9.17) is 4.98 Å². The quantitative estimate of drug-likeness (QED) is 0.739. The van der Waals surface area contributed by atoms with Crippen molar-refractivity contribution in [2.24, 2.45) is 7.05 Å². The third-order valence-electron chi connectivity index (χ3n) is 4.67. The number of anilines is 2. The summed E-state index contributed by atoms with van der Waals surface area (Å²) in [7, 11) is 2.04. The molecule has 0 bridgehead atoms. The molecule has 8 nitrogen and oxygen atoms in total. The molecule has 9 heteroatoms. The molecule has 26 heavy (non-hydrogen) atoms. The van der Waals surface area contributed by atoms with E-state index in [9.17, 15) is 0 Å². The van der Waals surface area contributed by atoms with Crippen LogP contribution in [-0.2, 0) is 13.6 Å². The van der Waals surface area contributed by atoms with Crippen LogP contribution in [0.4, 0.5) is 10.9 Å². The van der Waals surface area contributed by atoms with Gasteiger partial charge >= 0.3 is 0 Å². The summed E-state index contributed by atoms with van der Waals surface area (Å²) >= 11 is 1.45. The summed E-state index contributed by atoms with van der Waals surface area (Å²) in [6.07, 6.45) is 7.37. The van der Waals surface area contributed by atoms with Crippen molar-refractivity contribution in [3.05, 3.63) is 41.3 Å². The molecule has 4 heterocycles. The lowest BCUT2D eigenvalue weighted by molar-refractivity contribution is 0.132. The number of likely N-dealkylation sites (tertiary alicyclic amines) is 1. The molecule has 0 amide bonds. The Labute approximate surface area is 156 Å². The summed E-state index contributed by atoms with van der Waals surface area (Å²) in [6.45, 7) is 3.82. The number of piperidine rings is 1. The average Bonchev–Trinajstić information content (AvgIpc) is 3.27. The van der Waals surface area contributed by atoms with E-state index < -0.39 is 0 Å². The first kappa shape index (κ1) is 17.0. The Morgan fingerprint density at radius 2 is 2.23 bits per heavy atom. The number of aromatic nitrogens is 6. The Kier molecular flexibility index (Phi) is 4.89. The van der Waals surface area contributed by atoms with E-state index in [2.05, 4.69) is 34.9 Å². The molecule has 1 aliphatic heterocycles. The van der Waals surface area contributed by atoms with E-state index in [1.54, 1.807) is 5.51 Å². The molecule has 0 spiro atoms. The fraction of sp³-hybridized carbons (Fsp3) is 0.471. The van der Waals surface area contributed by atoms with Crippen molar-refractivity contribution in [3.63, 3.8) is 0 Å². The van der Waals surface area contributed by atoms with Gasteiger partial charge in [-0.05, 0) is 26.3 Å². The second-order valence-corrected chi connectivity index (χ2v) is 7.36. The van der Waals surface area contributed by atoms with E-state index in [1.165, 1.54) is 24.2 Å². The van der Waals surface area contributed by atoms with Gasteiger partial charge in [-0.15, -0.1) is 10.2 Å². The maximum absolute atomic E-state index is 4.74. The highest BCUT2D eigenvalue weighted by molar-refractivity contribution is 7.13. The summed E-state index contributed by atoms with van der Waals surface area (Å²) in [4.78, 5) is 16.2. The number of aryl methyl sites for hydroxylation is 2. The van der Waals surface area contributed by atoms with Crippen LogP contribution in [0, 0.1) is 6.92 Å². The second-order valence-electron chi connectivity index (χ2n) is 6.53. The first-order valence-electron chi connectivity index (χ1n) is 8.78. The molecule has 0 aromatic carbocycles. The molecule has 4 rings (SSSR count). The summed E-state index contributed by atoms with van der Waals surface area (Å²) in [5.41, 5.74) is 2.76. The average molecular weight is 370 g/mol. The van der Waals surface area contributed by atoms with Gasteiger partial charge in [0.05, 0.1) is 18.3 Å². The van der Waals surface area contributed by atoms with Gasteiger partial charge in [-0.2, -0.15) is 0 Å². The Morgan fingerprint density at radius 3 is 3.00 bits per heavy atom. The molecule has 1 fully saturated rings. The maximum atomic E-state index is 4.74. The van der Waals surface area contributed by atoms with Gasteiger partial charge < -0.3 is 9.88 Å². The van der Waals surface area contributed by atoms with E-state index in [-0.39, 0.29) is 6.04 Å². The maximum Gasteiger partial charge on any atom is 0.210 e. The summed E-state index contributed by atoms with van der Waals surface area (Å²) in [5.74, 6) is 2.61. The lowest BCUT2D eigenvalue weighted by Gasteiger charge is -2.35. The zero-order valence-electron chi connectivity index (χ0n) is 15.0. The van der Waals surface area contributed by atoms with Crippen molar-refractivity contribution >= 4 is 22.3 Å². The molecule has 1 saturated heterocycles. The van der Waals surface area contributed by atoms with Crippen LogP contribution in [0.5, 0.6) is 0 Å². The van der Waals surface area contributed by atoms with Gasteiger partial charge in [-0.3, -0.25) is 4.90 Å². The molecule has 0 saturated carbocycles. The molecule has 136 valence electrons. The van der Waals surface area contributed by atoms with Gasteiger partial charge in [0.15, 0.2) is 0 Å². The molecule has 0 aliphatic carbocycles. The molecule has 1 aliphatic rings. The molecule has 3 aromatic rings. The highest BCUT2D eigenvalue weighted by Crippen LogP contribution is 2.32. The fourth-order valence-corrected chi connectivity index (χ4v) is 3.86. The normalized spacial score (nSPS) is 18.2. The van der Waals surface area contributed by atoms with Crippen molar-refractivity contribution in [2.75, 3.05) is 11.9 Å². The number of nitrogens with zero attached hydrogens (tertiary/aromatic N) is 7. The number of rotatable bonds is 5. The minimum Gasteiger partial charge on any atom is -0.337 e. The minimum atomic E-state index is 0.275. The summed E-state index contributed by atoms with van der Waals surface area (Å²) in [6, 6.07) is 2.31. The third kappa shape index (κ3) is 3.73. The number of hydrogen-bond donors (Lipinski definition) is 1. The lowest BCUT2D eigenvalue weighted by Crippen LogP contribution is -2.34. The number of hydrogen-bond acceptors (Lipinski definition) is 8. The van der Waals surface area contributed by atoms with Crippen LogP contribution >= 0.6 is 11.3 Å². The third-order valence-corrected chi connectivity index (χ3v) is 5.28. The Hall–Kier alpha value is -2.39. The zero-order valence-corrected chi connectivity index (χ0v) is 15.8. The lowest BCUT2D eigenvalue weighted by atomic mass is 9.99. The predicted molar refractivity (Wildman–Crippen MR) is 100 cm³/mol. The van der Waals surface area contributed by atoms with Crippen LogP contribution in [0.1, 0.15) is 42.6 Å². The Morgan fingerprint density at radius 1 is 1.31 bits per heavy atom. The molecular formula is C17H22N8S. The standard InChI is InChI=1S/C17H22N8S/c1-12-20-13(9-15(21-12)22-17-23-19-11-26-17)14-5-3-4-7-25(14)10-16-18-6-8-24(16)2/h6,8-9,11,14H,3-5,7,10H2,1-2H3,(H,20,21,22,23). The van der Waals surface area contributed by atoms with E-state index in [0.29, 0.717) is 0 Å². The molecule has 1 N–H and O–H groups in total. The van der Waals surface area contributed by atoms with E-state index in [1.807, 2.05) is 32.4 Å². The second kappa shape index (κ2) is 7.46. The van der Waals surface area contributed by atoms with Crippen molar-refractivity contribution in [1.82, 2.24) is 34.6 Å². The number of nitrogens with one attached hydrogen (secondary N) is 1. The first-order chi connectivity index (χ1) is 12.7. The van der Waals surface area contributed by atoms with Crippen molar-refractivity contribution in [2.45, 2.75) is 38.8 Å². The van der Waals surface area contributed by atoms with Crippen LogP contribution in [0.25, 0.3) is 0 Å². The van der Waals surface area contributed by atoms with Gasteiger partial charge in [0.1, 0.15) is 23.0 Å². The monoisotopic (exact) mass is 370 g/mol. The Balaban J connectivity index is 1.59. The van der Waals surface area contributed by atoms with E-state index >= 15 is 0 Å². The smallest absolute Gasteiger partial charge is 0.210 e. The topological polar surface area (TPSA) is 84.7 Å². The Bertz CT molecular complexity index is 860. The van der Waals surface area contributed by atoms with Gasteiger partial charge in [0.2, 0.25) is 5.13 Å². The summed E-state index contributed by atoms with van der Waals surface area (Å²) in [5, 5.41) is 11.9. The van der Waals surface area contributed by atoms with Crippen molar-refractivity contribution in [3.8, 4) is 0 Å². The molecule has 1 unspecified atom stereocenters. The summed E-state index contributed by atoms with van der Waals surface area (Å²) < 4.78 is 2.08. The van der Waals surface area contributed by atoms with Gasteiger partial charge in [0, 0.05) is 25.5 Å². The van der Waals surface area contributed by atoms with Crippen molar-refractivity contribution < 1.29 is 0 Å². The highest BCUT2D eigenvalue weighted by atomic mass is 32.1. The van der Waals surface area contributed by atoms with Crippen LogP contribution in [-0.4, -0.2) is 41.2 Å².